The van der Waals surface area contributed by atoms with Crippen LogP contribution < -0.4 is 0 Å². The number of hydrogen-bond acceptors (Lipinski definition) is 4. The number of rotatable bonds is 6. The van der Waals surface area contributed by atoms with E-state index < -0.39 is 0 Å². The summed E-state index contributed by atoms with van der Waals surface area (Å²) in [5.41, 5.74) is 2.75. The van der Waals surface area contributed by atoms with E-state index in [0.717, 1.165) is 50.2 Å². The summed E-state index contributed by atoms with van der Waals surface area (Å²) in [6.07, 6.45) is 5.94. The van der Waals surface area contributed by atoms with E-state index in [4.69, 9.17) is 0 Å². The van der Waals surface area contributed by atoms with Gasteiger partial charge in [0.05, 0.1) is 17.4 Å². The number of piperidine rings is 1. The Bertz CT molecular complexity index is 739. The Kier molecular flexibility index (Phi) is 5.74. The lowest BCUT2D eigenvalue weighted by molar-refractivity contribution is 0.0676. The van der Waals surface area contributed by atoms with Gasteiger partial charge in [0.2, 0.25) is 0 Å². The largest absolute Gasteiger partial charge is 0.337 e. The van der Waals surface area contributed by atoms with Gasteiger partial charge in [-0.1, -0.05) is 32.4 Å². The van der Waals surface area contributed by atoms with Crippen molar-refractivity contribution in [3.8, 4) is 0 Å². The lowest BCUT2D eigenvalue weighted by Gasteiger charge is -2.31. The van der Waals surface area contributed by atoms with E-state index in [2.05, 4.69) is 42.4 Å². The van der Waals surface area contributed by atoms with Crippen LogP contribution in [0.5, 0.6) is 0 Å². The molecule has 1 aliphatic rings. The van der Waals surface area contributed by atoms with E-state index in [9.17, 15) is 4.79 Å². The van der Waals surface area contributed by atoms with Crippen LogP contribution in [-0.2, 0) is 13.0 Å². The van der Waals surface area contributed by atoms with E-state index in [1.807, 2.05) is 27.3 Å². The summed E-state index contributed by atoms with van der Waals surface area (Å²) in [7, 11) is 0. The number of likely N-dealkylation sites (tertiary alicyclic amines) is 1. The van der Waals surface area contributed by atoms with Crippen molar-refractivity contribution in [3.05, 3.63) is 29.3 Å². The lowest BCUT2D eigenvalue weighted by atomic mass is 10.0. The second kappa shape index (κ2) is 8.01. The highest BCUT2D eigenvalue weighted by molar-refractivity contribution is 5.92. The minimum Gasteiger partial charge on any atom is -0.337 e. The Morgan fingerprint density at radius 3 is 2.62 bits per heavy atom. The molecule has 7 heteroatoms. The Labute approximate surface area is 155 Å². The monoisotopic (exact) mass is 358 g/mol. The molecule has 2 aromatic heterocycles. The zero-order valence-corrected chi connectivity index (χ0v) is 16.4. The molecule has 0 saturated carbocycles. The van der Waals surface area contributed by atoms with E-state index in [1.165, 1.54) is 0 Å². The molecule has 1 fully saturated rings. The first kappa shape index (κ1) is 18.6. The van der Waals surface area contributed by atoms with E-state index in [0.29, 0.717) is 24.2 Å². The molecule has 26 heavy (non-hydrogen) atoms. The number of carbonyl (C=O) groups is 1. The van der Waals surface area contributed by atoms with Crippen LogP contribution in [0.15, 0.2) is 12.3 Å². The number of aromatic nitrogens is 5. The van der Waals surface area contributed by atoms with Crippen molar-refractivity contribution in [1.82, 2.24) is 29.7 Å². The maximum absolute atomic E-state index is 13.0. The Morgan fingerprint density at radius 2 is 2.00 bits per heavy atom. The molecular formula is C19H30N6O. The highest BCUT2D eigenvalue weighted by atomic mass is 16.2. The lowest BCUT2D eigenvalue weighted by Crippen LogP contribution is -2.40. The van der Waals surface area contributed by atoms with E-state index >= 15 is 0 Å². The van der Waals surface area contributed by atoms with Crippen LogP contribution in [0.1, 0.15) is 80.8 Å². The highest BCUT2D eigenvalue weighted by Crippen LogP contribution is 2.24. The molecule has 142 valence electrons. The standard InChI is InChI=1S/C19H30N6O/c1-5-7-15-13-25(22-20-15)16-8-10-23(11-9-16)19(26)18-12-17(14(3)4)21-24(18)6-2/h12-14,16H,5-11H2,1-4H3. The van der Waals surface area contributed by atoms with Crippen LogP contribution in [0.25, 0.3) is 0 Å². The SMILES string of the molecule is CCCc1cn(C2CCN(C(=O)c3cc(C(C)C)nn3CC)CC2)nn1. The summed E-state index contributed by atoms with van der Waals surface area (Å²) in [4.78, 5) is 14.9. The number of hydrogen-bond donors (Lipinski definition) is 0. The number of nitrogens with zero attached hydrogens (tertiary/aromatic N) is 6. The summed E-state index contributed by atoms with van der Waals surface area (Å²) in [5, 5.41) is 13.1. The minimum absolute atomic E-state index is 0.0926. The third kappa shape index (κ3) is 3.81. The summed E-state index contributed by atoms with van der Waals surface area (Å²) in [6, 6.07) is 2.29. The van der Waals surface area contributed by atoms with Crippen molar-refractivity contribution in [2.45, 2.75) is 71.9 Å². The molecule has 0 radical (unpaired) electrons. The average molecular weight is 358 g/mol. The molecule has 1 aliphatic heterocycles. The average Bonchev–Trinajstić information content (AvgIpc) is 3.28. The molecule has 0 aliphatic carbocycles. The van der Waals surface area contributed by atoms with Crippen molar-refractivity contribution in [2.75, 3.05) is 13.1 Å². The first-order valence-electron chi connectivity index (χ1n) is 9.81. The minimum atomic E-state index is 0.0926. The highest BCUT2D eigenvalue weighted by Gasteiger charge is 2.27. The molecule has 0 bridgehead atoms. The van der Waals surface area contributed by atoms with Crippen molar-refractivity contribution >= 4 is 5.91 Å². The maximum Gasteiger partial charge on any atom is 0.272 e. The third-order valence-corrected chi connectivity index (χ3v) is 5.10. The first-order chi connectivity index (χ1) is 12.5. The van der Waals surface area contributed by atoms with Gasteiger partial charge in [-0.05, 0) is 38.2 Å². The number of aryl methyl sites for hydroxylation is 2. The van der Waals surface area contributed by atoms with Crippen LogP contribution in [0, 0.1) is 0 Å². The van der Waals surface area contributed by atoms with Crippen LogP contribution >= 0.6 is 0 Å². The van der Waals surface area contributed by atoms with Gasteiger partial charge in [0.15, 0.2) is 0 Å². The maximum atomic E-state index is 13.0. The van der Waals surface area contributed by atoms with Gasteiger partial charge in [-0.2, -0.15) is 5.10 Å². The summed E-state index contributed by atoms with van der Waals surface area (Å²) in [6.45, 7) is 10.6. The van der Waals surface area contributed by atoms with Crippen molar-refractivity contribution in [1.29, 1.82) is 0 Å². The number of carbonyl (C=O) groups excluding carboxylic acids is 1. The molecule has 3 heterocycles. The normalized spacial score (nSPS) is 15.8. The first-order valence-corrected chi connectivity index (χ1v) is 9.81. The Hall–Kier alpha value is -2.18. The fourth-order valence-corrected chi connectivity index (χ4v) is 3.49. The zero-order chi connectivity index (χ0) is 18.7. The van der Waals surface area contributed by atoms with Gasteiger partial charge in [-0.3, -0.25) is 9.48 Å². The molecule has 0 N–H and O–H groups in total. The van der Waals surface area contributed by atoms with Crippen molar-refractivity contribution < 1.29 is 4.79 Å². The van der Waals surface area contributed by atoms with Crippen LogP contribution in [0.3, 0.4) is 0 Å². The Balaban J connectivity index is 1.65. The van der Waals surface area contributed by atoms with Crippen molar-refractivity contribution in [2.24, 2.45) is 0 Å². The van der Waals surface area contributed by atoms with Gasteiger partial charge < -0.3 is 4.90 Å². The molecule has 0 spiro atoms. The van der Waals surface area contributed by atoms with Gasteiger partial charge in [0, 0.05) is 25.8 Å². The summed E-state index contributed by atoms with van der Waals surface area (Å²) >= 11 is 0. The Morgan fingerprint density at radius 1 is 1.27 bits per heavy atom. The van der Waals surface area contributed by atoms with E-state index in [-0.39, 0.29) is 5.91 Å². The summed E-state index contributed by atoms with van der Waals surface area (Å²) in [5.74, 6) is 0.416. The number of amides is 1. The molecular weight excluding hydrogens is 328 g/mol. The molecule has 7 nitrogen and oxygen atoms in total. The molecule has 0 aromatic carbocycles. The molecule has 1 saturated heterocycles. The van der Waals surface area contributed by atoms with Gasteiger partial charge in [-0.25, -0.2) is 4.68 Å². The topological polar surface area (TPSA) is 68.8 Å². The van der Waals surface area contributed by atoms with Gasteiger partial charge in [0.25, 0.3) is 5.91 Å². The van der Waals surface area contributed by atoms with Crippen molar-refractivity contribution in [3.63, 3.8) is 0 Å². The van der Waals surface area contributed by atoms with Crippen LogP contribution in [-0.4, -0.2) is 48.7 Å². The quantitative estimate of drug-likeness (QED) is 0.796. The molecule has 0 atom stereocenters. The fourth-order valence-electron chi connectivity index (χ4n) is 3.49. The summed E-state index contributed by atoms with van der Waals surface area (Å²) < 4.78 is 3.82. The zero-order valence-electron chi connectivity index (χ0n) is 16.4. The van der Waals surface area contributed by atoms with Gasteiger partial charge >= 0.3 is 0 Å². The van der Waals surface area contributed by atoms with E-state index in [1.54, 1.807) is 0 Å². The fraction of sp³-hybridized carbons (Fsp3) is 0.684. The smallest absolute Gasteiger partial charge is 0.272 e. The van der Waals surface area contributed by atoms with Gasteiger partial charge in [-0.15, -0.1) is 5.10 Å². The second-order valence-electron chi connectivity index (χ2n) is 7.39. The van der Waals surface area contributed by atoms with Gasteiger partial charge in [0.1, 0.15) is 5.69 Å². The van der Waals surface area contributed by atoms with Crippen LogP contribution in [0.2, 0.25) is 0 Å². The molecule has 3 rings (SSSR count). The van der Waals surface area contributed by atoms with Crippen LogP contribution in [0.4, 0.5) is 0 Å². The molecule has 0 unspecified atom stereocenters. The third-order valence-electron chi connectivity index (χ3n) is 5.10. The molecule has 1 amide bonds. The molecule has 2 aromatic rings. The second-order valence-corrected chi connectivity index (χ2v) is 7.39. The predicted molar refractivity (Wildman–Crippen MR) is 100 cm³/mol. The predicted octanol–water partition coefficient (Wildman–Crippen LogP) is 3.05.